The van der Waals surface area contributed by atoms with E-state index in [9.17, 15) is 9.18 Å². The zero-order valence-corrected chi connectivity index (χ0v) is 14.2. The van der Waals surface area contributed by atoms with Crippen LogP contribution in [0, 0.1) is 12.7 Å². The first-order chi connectivity index (χ1) is 12.0. The van der Waals surface area contributed by atoms with Crippen LogP contribution in [-0.2, 0) is 6.42 Å². The third-order valence-electron chi connectivity index (χ3n) is 3.60. The largest absolute Gasteiger partial charge is 0.352 e. The number of nitrogens with zero attached hydrogens (tertiary/aromatic N) is 2. The van der Waals surface area contributed by atoms with Crippen LogP contribution in [0.15, 0.2) is 47.0 Å². The molecule has 0 saturated carbocycles. The van der Waals surface area contributed by atoms with Gasteiger partial charge in [-0.1, -0.05) is 28.9 Å². The highest BCUT2D eigenvalue weighted by molar-refractivity contribution is 6.30. The molecule has 25 heavy (non-hydrogen) atoms. The van der Waals surface area contributed by atoms with E-state index in [1.54, 1.807) is 25.1 Å². The molecule has 2 aromatic carbocycles. The smallest absolute Gasteiger partial charge is 0.251 e. The van der Waals surface area contributed by atoms with Gasteiger partial charge < -0.3 is 9.84 Å². The van der Waals surface area contributed by atoms with E-state index < -0.39 is 0 Å². The van der Waals surface area contributed by atoms with Crippen molar-refractivity contribution < 1.29 is 13.7 Å². The number of benzene rings is 2. The monoisotopic (exact) mass is 359 g/mol. The first-order valence-corrected chi connectivity index (χ1v) is 8.03. The molecule has 0 spiro atoms. The van der Waals surface area contributed by atoms with Crippen molar-refractivity contribution in [3.05, 3.63) is 70.3 Å². The highest BCUT2D eigenvalue weighted by Crippen LogP contribution is 2.19. The van der Waals surface area contributed by atoms with Crippen LogP contribution in [0.2, 0.25) is 5.02 Å². The lowest BCUT2D eigenvalue weighted by Gasteiger charge is -2.04. The predicted molar refractivity (Wildman–Crippen MR) is 91.9 cm³/mol. The van der Waals surface area contributed by atoms with Gasteiger partial charge in [0.05, 0.1) is 0 Å². The maximum Gasteiger partial charge on any atom is 0.251 e. The van der Waals surface area contributed by atoms with Gasteiger partial charge in [-0.15, -0.1) is 0 Å². The number of nitrogens with one attached hydrogen (secondary N) is 1. The molecule has 0 aliphatic carbocycles. The van der Waals surface area contributed by atoms with Gasteiger partial charge in [0, 0.05) is 29.1 Å². The molecule has 1 N–H and O–H groups in total. The minimum absolute atomic E-state index is 0.280. The zero-order chi connectivity index (χ0) is 17.8. The van der Waals surface area contributed by atoms with Gasteiger partial charge >= 0.3 is 0 Å². The van der Waals surface area contributed by atoms with Gasteiger partial charge in [0.25, 0.3) is 5.91 Å². The summed E-state index contributed by atoms with van der Waals surface area (Å²) < 4.78 is 18.4. The van der Waals surface area contributed by atoms with Crippen LogP contribution in [0.5, 0.6) is 0 Å². The molecular formula is C18H15ClFN3O2. The average Bonchev–Trinajstić information content (AvgIpc) is 3.06. The number of aryl methyl sites for hydroxylation is 1. The molecule has 7 heteroatoms. The molecule has 128 valence electrons. The Labute approximate surface area is 148 Å². The summed E-state index contributed by atoms with van der Waals surface area (Å²) >= 11 is 5.94. The fraction of sp³-hybridized carbons (Fsp3) is 0.167. The van der Waals surface area contributed by atoms with E-state index >= 15 is 0 Å². The summed E-state index contributed by atoms with van der Waals surface area (Å²) in [5.41, 5.74) is 1.59. The van der Waals surface area contributed by atoms with Crippen LogP contribution in [0.4, 0.5) is 4.39 Å². The number of hydrogen-bond acceptors (Lipinski definition) is 4. The van der Waals surface area contributed by atoms with Crippen LogP contribution in [0.3, 0.4) is 0 Å². The molecule has 0 radical (unpaired) electrons. The van der Waals surface area contributed by atoms with Gasteiger partial charge in [0.2, 0.25) is 11.7 Å². The molecule has 0 atom stereocenters. The van der Waals surface area contributed by atoms with Crippen molar-refractivity contribution in [1.29, 1.82) is 0 Å². The highest BCUT2D eigenvalue weighted by atomic mass is 35.5. The van der Waals surface area contributed by atoms with E-state index in [1.807, 2.05) is 6.07 Å². The summed E-state index contributed by atoms with van der Waals surface area (Å²) in [7, 11) is 0. The molecule has 1 aromatic heterocycles. The molecule has 1 amide bonds. The molecule has 0 saturated heterocycles. The Bertz CT molecular complexity index is 911. The van der Waals surface area contributed by atoms with Crippen LogP contribution >= 0.6 is 11.6 Å². The van der Waals surface area contributed by atoms with Crippen molar-refractivity contribution in [2.45, 2.75) is 13.3 Å². The SMILES string of the molecule is Cc1cc(C(=O)NCCc2nc(-c3cccc(Cl)c3)no2)ccc1F. The Kier molecular flexibility index (Phi) is 5.09. The standard InChI is InChI=1S/C18H15ClFN3O2/c1-11-9-13(5-6-15(11)20)18(24)21-8-7-16-22-17(23-25-16)12-3-2-4-14(19)10-12/h2-6,9-10H,7-8H2,1H3,(H,21,24). The van der Waals surface area contributed by atoms with Gasteiger partial charge in [-0.2, -0.15) is 4.98 Å². The van der Waals surface area contributed by atoms with Crippen LogP contribution in [-0.4, -0.2) is 22.6 Å². The lowest BCUT2D eigenvalue weighted by molar-refractivity contribution is 0.0953. The number of amides is 1. The summed E-state index contributed by atoms with van der Waals surface area (Å²) in [6.07, 6.45) is 0.388. The number of carbonyl (C=O) groups is 1. The Balaban J connectivity index is 1.57. The number of rotatable bonds is 5. The lowest BCUT2D eigenvalue weighted by atomic mass is 10.1. The second kappa shape index (κ2) is 7.44. The minimum Gasteiger partial charge on any atom is -0.352 e. The zero-order valence-electron chi connectivity index (χ0n) is 13.4. The molecule has 0 fully saturated rings. The molecule has 3 aromatic rings. The molecule has 0 bridgehead atoms. The molecular weight excluding hydrogens is 345 g/mol. The normalized spacial score (nSPS) is 10.7. The van der Waals surface area contributed by atoms with Gasteiger partial charge in [0.1, 0.15) is 5.82 Å². The molecule has 0 aliphatic rings. The fourth-order valence-corrected chi connectivity index (χ4v) is 2.46. The van der Waals surface area contributed by atoms with Gasteiger partial charge in [-0.05, 0) is 42.8 Å². The second-order valence-electron chi connectivity index (χ2n) is 5.49. The van der Waals surface area contributed by atoms with Crippen molar-refractivity contribution >= 4 is 17.5 Å². The first kappa shape index (κ1) is 17.1. The Morgan fingerprint density at radius 1 is 1.28 bits per heavy atom. The topological polar surface area (TPSA) is 68.0 Å². The lowest BCUT2D eigenvalue weighted by Crippen LogP contribution is -2.25. The Morgan fingerprint density at radius 2 is 2.12 bits per heavy atom. The van der Waals surface area contributed by atoms with Crippen molar-refractivity contribution in [2.75, 3.05) is 6.54 Å². The summed E-state index contributed by atoms with van der Waals surface area (Å²) in [5.74, 6) is 0.234. The van der Waals surface area contributed by atoms with Crippen molar-refractivity contribution in [3.8, 4) is 11.4 Å². The second-order valence-corrected chi connectivity index (χ2v) is 5.93. The first-order valence-electron chi connectivity index (χ1n) is 7.66. The fourth-order valence-electron chi connectivity index (χ4n) is 2.27. The number of halogens is 2. The molecule has 3 rings (SSSR count). The summed E-state index contributed by atoms with van der Waals surface area (Å²) in [5, 5.41) is 7.24. The van der Waals surface area contributed by atoms with Crippen molar-refractivity contribution in [2.24, 2.45) is 0 Å². The maximum atomic E-state index is 13.2. The predicted octanol–water partition coefficient (Wildman–Crippen LogP) is 3.81. The van der Waals surface area contributed by atoms with E-state index in [1.165, 1.54) is 18.2 Å². The third-order valence-corrected chi connectivity index (χ3v) is 3.83. The van der Waals surface area contributed by atoms with Gasteiger partial charge in [-0.3, -0.25) is 4.79 Å². The van der Waals surface area contributed by atoms with E-state index in [0.717, 1.165) is 5.56 Å². The van der Waals surface area contributed by atoms with Crippen LogP contribution < -0.4 is 5.32 Å². The number of carbonyl (C=O) groups excluding carboxylic acids is 1. The summed E-state index contributed by atoms with van der Waals surface area (Å²) in [6.45, 7) is 1.94. The van der Waals surface area contributed by atoms with E-state index in [4.69, 9.17) is 16.1 Å². The van der Waals surface area contributed by atoms with E-state index in [0.29, 0.717) is 40.8 Å². The quantitative estimate of drug-likeness (QED) is 0.752. The van der Waals surface area contributed by atoms with Crippen LogP contribution in [0.25, 0.3) is 11.4 Å². The van der Waals surface area contributed by atoms with Crippen molar-refractivity contribution in [3.63, 3.8) is 0 Å². The molecule has 1 heterocycles. The van der Waals surface area contributed by atoms with Crippen LogP contribution in [0.1, 0.15) is 21.8 Å². The van der Waals surface area contributed by atoms with Gasteiger partial charge in [0.15, 0.2) is 0 Å². The van der Waals surface area contributed by atoms with Crippen molar-refractivity contribution in [1.82, 2.24) is 15.5 Å². The summed E-state index contributed by atoms with van der Waals surface area (Å²) in [4.78, 5) is 16.3. The minimum atomic E-state index is -0.337. The summed E-state index contributed by atoms with van der Waals surface area (Å²) in [6, 6.07) is 11.4. The molecule has 5 nitrogen and oxygen atoms in total. The average molecular weight is 360 g/mol. The number of aromatic nitrogens is 2. The van der Waals surface area contributed by atoms with E-state index in [2.05, 4.69) is 15.5 Å². The Hall–Kier alpha value is -2.73. The highest BCUT2D eigenvalue weighted by Gasteiger charge is 2.11. The van der Waals surface area contributed by atoms with E-state index in [-0.39, 0.29) is 11.7 Å². The molecule has 0 aliphatic heterocycles. The third kappa shape index (κ3) is 4.22. The number of hydrogen-bond donors (Lipinski definition) is 1. The maximum absolute atomic E-state index is 13.2. The van der Waals surface area contributed by atoms with Gasteiger partial charge in [-0.25, -0.2) is 4.39 Å². The molecule has 0 unspecified atom stereocenters. The Morgan fingerprint density at radius 3 is 2.88 bits per heavy atom.